The molecule has 0 aliphatic rings. The van der Waals surface area contributed by atoms with Crippen molar-refractivity contribution in [2.45, 2.75) is 4.90 Å². The number of carboxylic acid groups (broad SMARTS) is 2. The molecule has 0 aliphatic carbocycles. The van der Waals surface area contributed by atoms with Gasteiger partial charge in [-0.2, -0.15) is 0 Å². The number of nitrogens with zero attached hydrogens (tertiary/aromatic N) is 1. The van der Waals surface area contributed by atoms with Gasteiger partial charge in [0.05, 0.1) is 10.6 Å². The van der Waals surface area contributed by atoms with Gasteiger partial charge in [-0.05, 0) is 26.2 Å². The summed E-state index contributed by atoms with van der Waals surface area (Å²) in [4.78, 5) is 21.6. The van der Waals surface area contributed by atoms with Crippen LogP contribution in [0.2, 0.25) is 0 Å². The number of nitrogens with one attached hydrogen (secondary N) is 1. The molecule has 0 unspecified atom stereocenters. The van der Waals surface area contributed by atoms with E-state index in [0.29, 0.717) is 23.6 Å². The van der Waals surface area contributed by atoms with Crippen LogP contribution in [0.25, 0.3) is 0 Å². The molecule has 3 N–H and O–H groups in total. The lowest BCUT2D eigenvalue weighted by atomic mass is 10.4. The molecule has 0 spiro atoms. The molecule has 0 saturated heterocycles. The fourth-order valence-corrected chi connectivity index (χ4v) is 2.74. The minimum Gasteiger partial charge on any atom is -0.478 e. The topological polar surface area (TPSA) is 124 Å². The molecule has 0 amide bonds. The van der Waals surface area contributed by atoms with Gasteiger partial charge in [-0.15, -0.1) is 0 Å². The Morgan fingerprint density at radius 3 is 2.00 bits per heavy atom. The summed E-state index contributed by atoms with van der Waals surface area (Å²) in [5, 5.41) is 18.7. The number of hydrogen-bond donors (Lipinski definition) is 3. The number of likely N-dealkylation sites (N-methyl/N-ethyl adjacent to an activating group) is 1. The number of benzene rings is 1. The molecule has 0 radical (unpaired) electrons. The summed E-state index contributed by atoms with van der Waals surface area (Å²) in [5.74, 6) is -2.37. The second-order valence-electron chi connectivity index (χ2n) is 5.20. The highest BCUT2D eigenvalue weighted by Gasteiger charge is 2.12. The molecule has 0 bridgehead atoms. The molecule has 140 valence electrons. The van der Waals surface area contributed by atoms with Crippen LogP contribution in [0, 0.1) is 0 Å². The Bertz CT molecular complexity index is 640. The maximum Gasteiger partial charge on any atom is 0.328 e. The highest BCUT2D eigenvalue weighted by Crippen LogP contribution is 2.08. The molecule has 8 nitrogen and oxygen atoms in total. The summed E-state index contributed by atoms with van der Waals surface area (Å²) in [6, 6.07) is 8.57. The van der Waals surface area contributed by atoms with Crippen LogP contribution in [0.15, 0.2) is 47.4 Å². The van der Waals surface area contributed by atoms with Gasteiger partial charge in [0.1, 0.15) is 0 Å². The zero-order chi connectivity index (χ0) is 19.3. The first-order chi connectivity index (χ1) is 11.6. The third-order valence-corrected chi connectivity index (χ3v) is 4.49. The monoisotopic (exact) mass is 372 g/mol. The Morgan fingerprint density at radius 1 is 1.04 bits per heavy atom. The van der Waals surface area contributed by atoms with E-state index >= 15 is 0 Å². The minimum absolute atomic E-state index is 0.143. The molecule has 0 saturated carbocycles. The highest BCUT2D eigenvalue weighted by molar-refractivity contribution is 7.91. The molecule has 0 aromatic heterocycles. The van der Waals surface area contributed by atoms with E-state index in [1.807, 2.05) is 20.2 Å². The quantitative estimate of drug-likeness (QED) is 0.418. The lowest BCUT2D eigenvalue weighted by molar-refractivity contribution is -0.134. The number of sulfone groups is 1. The molecule has 0 aliphatic heterocycles. The molecule has 25 heavy (non-hydrogen) atoms. The maximum absolute atomic E-state index is 11.9. The number of carbonyl (C=O) groups is 2. The molecular formula is C16H24N2O6S. The first-order valence-corrected chi connectivity index (χ1v) is 9.07. The Morgan fingerprint density at radius 2 is 1.56 bits per heavy atom. The van der Waals surface area contributed by atoms with Gasteiger partial charge in [-0.25, -0.2) is 18.0 Å². The summed E-state index contributed by atoms with van der Waals surface area (Å²) in [7, 11) is 0.840. The zero-order valence-corrected chi connectivity index (χ0v) is 15.1. The van der Waals surface area contributed by atoms with E-state index in [-0.39, 0.29) is 5.75 Å². The Labute approximate surface area is 147 Å². The van der Waals surface area contributed by atoms with Crippen molar-refractivity contribution in [3.05, 3.63) is 42.5 Å². The first-order valence-electron chi connectivity index (χ1n) is 7.42. The molecule has 1 aromatic carbocycles. The van der Waals surface area contributed by atoms with E-state index in [4.69, 9.17) is 10.2 Å². The van der Waals surface area contributed by atoms with Crippen LogP contribution in [-0.4, -0.2) is 75.0 Å². The average Bonchev–Trinajstić information content (AvgIpc) is 2.53. The van der Waals surface area contributed by atoms with Crippen molar-refractivity contribution in [1.82, 2.24) is 10.2 Å². The Balaban J connectivity index is 0.000000609. The largest absolute Gasteiger partial charge is 0.478 e. The smallest absolute Gasteiger partial charge is 0.328 e. The third-order valence-electron chi connectivity index (χ3n) is 2.75. The highest BCUT2D eigenvalue weighted by atomic mass is 32.2. The van der Waals surface area contributed by atoms with Crippen molar-refractivity contribution in [2.24, 2.45) is 0 Å². The van der Waals surface area contributed by atoms with Crippen molar-refractivity contribution in [3.63, 3.8) is 0 Å². The van der Waals surface area contributed by atoms with Crippen molar-refractivity contribution in [2.75, 3.05) is 39.5 Å². The van der Waals surface area contributed by atoms with Crippen molar-refractivity contribution < 1.29 is 28.2 Å². The van der Waals surface area contributed by atoms with E-state index in [1.54, 1.807) is 24.3 Å². The average molecular weight is 372 g/mol. The van der Waals surface area contributed by atoms with E-state index in [2.05, 4.69) is 10.2 Å². The number of hydrogen-bond acceptors (Lipinski definition) is 6. The minimum atomic E-state index is -3.14. The predicted octanol–water partition coefficient (Wildman–Crippen LogP) is 0.323. The molecular weight excluding hydrogens is 348 g/mol. The summed E-state index contributed by atoms with van der Waals surface area (Å²) in [6.45, 7) is 2.20. The molecule has 0 heterocycles. The van der Waals surface area contributed by atoms with Gasteiger partial charge >= 0.3 is 11.9 Å². The van der Waals surface area contributed by atoms with E-state index in [9.17, 15) is 18.0 Å². The number of carboxylic acids is 2. The van der Waals surface area contributed by atoms with E-state index < -0.39 is 21.8 Å². The van der Waals surface area contributed by atoms with Gasteiger partial charge in [0.25, 0.3) is 0 Å². The lowest BCUT2D eigenvalue weighted by Gasteiger charge is -2.10. The van der Waals surface area contributed by atoms with Gasteiger partial charge in [-0.3, -0.25) is 0 Å². The zero-order valence-electron chi connectivity index (χ0n) is 14.3. The van der Waals surface area contributed by atoms with Crippen molar-refractivity contribution in [3.8, 4) is 0 Å². The third kappa shape index (κ3) is 12.8. The SMILES string of the molecule is CN(C)CCNCCS(=O)(=O)c1ccccc1.O=C(O)/C=C\C(=O)O. The van der Waals surface area contributed by atoms with Crippen LogP contribution >= 0.6 is 0 Å². The normalized spacial score (nSPS) is 11.2. The van der Waals surface area contributed by atoms with Crippen LogP contribution < -0.4 is 5.32 Å². The molecule has 0 atom stereocenters. The maximum atomic E-state index is 11.9. The Hall–Kier alpha value is -2.23. The molecule has 9 heteroatoms. The van der Waals surface area contributed by atoms with Crippen LogP contribution in [-0.2, 0) is 19.4 Å². The number of rotatable bonds is 9. The van der Waals surface area contributed by atoms with Gasteiger partial charge < -0.3 is 20.4 Å². The van der Waals surface area contributed by atoms with E-state index in [1.165, 1.54) is 0 Å². The molecule has 0 fully saturated rings. The summed E-state index contributed by atoms with van der Waals surface area (Å²) >= 11 is 0. The summed E-state index contributed by atoms with van der Waals surface area (Å²) in [5.41, 5.74) is 0. The fraction of sp³-hybridized carbons (Fsp3) is 0.375. The Kier molecular flexibility index (Phi) is 11.1. The van der Waals surface area contributed by atoms with E-state index in [0.717, 1.165) is 13.1 Å². The second kappa shape index (κ2) is 12.2. The van der Waals surface area contributed by atoms with Crippen molar-refractivity contribution >= 4 is 21.8 Å². The van der Waals surface area contributed by atoms with Gasteiger partial charge in [-0.1, -0.05) is 18.2 Å². The summed E-state index contributed by atoms with van der Waals surface area (Å²) in [6.07, 6.45) is 1.12. The number of aliphatic carboxylic acids is 2. The van der Waals surface area contributed by atoms with Crippen molar-refractivity contribution in [1.29, 1.82) is 0 Å². The van der Waals surface area contributed by atoms with Gasteiger partial charge in [0.15, 0.2) is 9.84 Å². The van der Waals surface area contributed by atoms with Crippen LogP contribution in [0.4, 0.5) is 0 Å². The standard InChI is InChI=1S/C12H20N2O2S.C4H4O4/c1-14(2)10-8-13-9-11-17(15,16)12-6-4-3-5-7-12;5-3(6)1-2-4(7)8/h3-7,13H,8-11H2,1-2H3;1-2H,(H,5,6)(H,7,8)/b;2-1-. The summed E-state index contributed by atoms with van der Waals surface area (Å²) < 4.78 is 23.8. The van der Waals surface area contributed by atoms with Gasteiger partial charge in [0.2, 0.25) is 0 Å². The lowest BCUT2D eigenvalue weighted by Crippen LogP contribution is -2.30. The molecule has 1 rings (SSSR count). The van der Waals surface area contributed by atoms with Crippen LogP contribution in [0.1, 0.15) is 0 Å². The second-order valence-corrected chi connectivity index (χ2v) is 7.30. The van der Waals surface area contributed by atoms with Crippen LogP contribution in [0.5, 0.6) is 0 Å². The fourth-order valence-electron chi connectivity index (χ4n) is 1.52. The first kappa shape index (κ1) is 22.8. The van der Waals surface area contributed by atoms with Crippen LogP contribution in [0.3, 0.4) is 0 Å². The molecule has 1 aromatic rings. The van der Waals surface area contributed by atoms with Gasteiger partial charge in [0, 0.05) is 31.8 Å². The predicted molar refractivity (Wildman–Crippen MR) is 94.3 cm³/mol.